The van der Waals surface area contributed by atoms with Gasteiger partial charge in [0.05, 0.1) is 6.54 Å². The molecular formula is C9H16N4O. The molecule has 0 amide bonds. The largest absolute Gasteiger partial charge is 0.367 e. The molecule has 1 aromatic rings. The summed E-state index contributed by atoms with van der Waals surface area (Å²) >= 11 is 0. The van der Waals surface area contributed by atoms with Gasteiger partial charge in [-0.1, -0.05) is 0 Å². The predicted octanol–water partition coefficient (Wildman–Crippen LogP) is 0.299. The van der Waals surface area contributed by atoms with Crippen molar-refractivity contribution in [3.8, 4) is 0 Å². The molecule has 2 rings (SSSR count). The summed E-state index contributed by atoms with van der Waals surface area (Å²) in [5.74, 6) is 1.69. The summed E-state index contributed by atoms with van der Waals surface area (Å²) in [7, 11) is 1.93. The van der Waals surface area contributed by atoms with Gasteiger partial charge in [-0.2, -0.15) is 0 Å². The van der Waals surface area contributed by atoms with E-state index in [1.165, 1.54) is 0 Å². The van der Waals surface area contributed by atoms with Gasteiger partial charge in [0, 0.05) is 13.7 Å². The Morgan fingerprint density at radius 2 is 2.36 bits per heavy atom. The molecule has 1 unspecified atom stereocenters. The van der Waals surface area contributed by atoms with Crippen LogP contribution in [0.15, 0.2) is 0 Å². The molecule has 1 atom stereocenters. The highest BCUT2D eigenvalue weighted by Gasteiger charge is 2.36. The lowest BCUT2D eigenvalue weighted by Gasteiger charge is -2.21. The molecule has 0 aliphatic carbocycles. The van der Waals surface area contributed by atoms with Crippen molar-refractivity contribution in [3.05, 3.63) is 11.6 Å². The summed E-state index contributed by atoms with van der Waals surface area (Å²) in [6.07, 6.45) is 2.09. The maximum Gasteiger partial charge on any atom is 0.164 e. The van der Waals surface area contributed by atoms with Crippen LogP contribution in [-0.4, -0.2) is 21.4 Å². The van der Waals surface area contributed by atoms with Crippen molar-refractivity contribution in [1.29, 1.82) is 0 Å². The molecule has 5 nitrogen and oxygen atoms in total. The van der Waals surface area contributed by atoms with Gasteiger partial charge in [0.1, 0.15) is 11.4 Å². The van der Waals surface area contributed by atoms with Gasteiger partial charge in [-0.05, 0) is 19.8 Å². The summed E-state index contributed by atoms with van der Waals surface area (Å²) in [4.78, 5) is 0. The maximum atomic E-state index is 5.70. The summed E-state index contributed by atoms with van der Waals surface area (Å²) in [6, 6.07) is 0. The third-order valence-electron chi connectivity index (χ3n) is 2.84. The summed E-state index contributed by atoms with van der Waals surface area (Å²) in [5.41, 5.74) is 5.27. The molecule has 5 heteroatoms. The molecule has 2 N–H and O–H groups in total. The Balaban J connectivity index is 2.35. The van der Waals surface area contributed by atoms with Gasteiger partial charge in [-0.15, -0.1) is 10.2 Å². The van der Waals surface area contributed by atoms with Crippen LogP contribution in [0.3, 0.4) is 0 Å². The fraction of sp³-hybridized carbons (Fsp3) is 0.778. The zero-order valence-electron chi connectivity index (χ0n) is 8.66. The van der Waals surface area contributed by atoms with E-state index in [-0.39, 0.29) is 5.60 Å². The second kappa shape index (κ2) is 3.33. The van der Waals surface area contributed by atoms with E-state index in [0.29, 0.717) is 6.54 Å². The molecule has 1 aliphatic rings. The number of hydrogen-bond acceptors (Lipinski definition) is 4. The van der Waals surface area contributed by atoms with Crippen LogP contribution >= 0.6 is 0 Å². The summed E-state index contributed by atoms with van der Waals surface area (Å²) in [5, 5.41) is 8.18. The number of hydrogen-bond donors (Lipinski definition) is 1. The van der Waals surface area contributed by atoms with Gasteiger partial charge < -0.3 is 15.0 Å². The second-order valence-electron chi connectivity index (χ2n) is 3.89. The minimum absolute atomic E-state index is 0.269. The summed E-state index contributed by atoms with van der Waals surface area (Å²) < 4.78 is 7.64. The van der Waals surface area contributed by atoms with Crippen molar-refractivity contribution in [2.75, 3.05) is 6.61 Å². The molecule has 2 heterocycles. The molecule has 1 aromatic heterocycles. The van der Waals surface area contributed by atoms with Gasteiger partial charge in [0.25, 0.3) is 0 Å². The number of rotatable bonds is 2. The first-order valence-corrected chi connectivity index (χ1v) is 4.90. The SMILES string of the molecule is Cn1c(CN)nnc1C1(C)CCCO1. The molecular weight excluding hydrogens is 180 g/mol. The van der Waals surface area contributed by atoms with Crippen LogP contribution in [0.2, 0.25) is 0 Å². The van der Waals surface area contributed by atoms with E-state index in [1.54, 1.807) is 0 Å². The lowest BCUT2D eigenvalue weighted by molar-refractivity contribution is 0.00681. The van der Waals surface area contributed by atoms with Crippen molar-refractivity contribution in [2.24, 2.45) is 12.8 Å². The number of ether oxygens (including phenoxy) is 1. The van der Waals surface area contributed by atoms with Crippen molar-refractivity contribution < 1.29 is 4.74 Å². The van der Waals surface area contributed by atoms with E-state index in [4.69, 9.17) is 10.5 Å². The molecule has 0 radical (unpaired) electrons. The van der Waals surface area contributed by atoms with Gasteiger partial charge >= 0.3 is 0 Å². The Morgan fingerprint density at radius 1 is 1.57 bits per heavy atom. The first kappa shape index (κ1) is 9.61. The molecule has 78 valence electrons. The predicted molar refractivity (Wildman–Crippen MR) is 51.4 cm³/mol. The topological polar surface area (TPSA) is 66.0 Å². The van der Waals surface area contributed by atoms with Gasteiger partial charge in [0.2, 0.25) is 0 Å². The van der Waals surface area contributed by atoms with Crippen LogP contribution in [0.5, 0.6) is 0 Å². The molecule has 0 spiro atoms. The fourth-order valence-corrected chi connectivity index (χ4v) is 1.96. The van der Waals surface area contributed by atoms with Crippen molar-refractivity contribution in [3.63, 3.8) is 0 Å². The Hall–Kier alpha value is -0.940. The van der Waals surface area contributed by atoms with E-state index >= 15 is 0 Å². The molecule has 1 aliphatic heterocycles. The van der Waals surface area contributed by atoms with E-state index in [9.17, 15) is 0 Å². The van der Waals surface area contributed by atoms with Crippen molar-refractivity contribution >= 4 is 0 Å². The lowest BCUT2D eigenvalue weighted by atomic mass is 10.0. The zero-order valence-corrected chi connectivity index (χ0v) is 8.66. The Morgan fingerprint density at radius 3 is 2.86 bits per heavy atom. The van der Waals surface area contributed by atoms with Crippen LogP contribution in [0.1, 0.15) is 31.4 Å². The lowest BCUT2D eigenvalue weighted by Crippen LogP contribution is -2.25. The fourth-order valence-electron chi connectivity index (χ4n) is 1.96. The van der Waals surface area contributed by atoms with Crippen molar-refractivity contribution in [1.82, 2.24) is 14.8 Å². The highest BCUT2D eigenvalue weighted by Crippen LogP contribution is 2.34. The quantitative estimate of drug-likeness (QED) is 0.738. The second-order valence-corrected chi connectivity index (χ2v) is 3.89. The minimum Gasteiger partial charge on any atom is -0.367 e. The first-order chi connectivity index (χ1) is 6.67. The average molecular weight is 196 g/mol. The molecule has 0 aromatic carbocycles. The van der Waals surface area contributed by atoms with E-state index in [2.05, 4.69) is 17.1 Å². The molecule has 1 fully saturated rings. The van der Waals surface area contributed by atoms with E-state index in [1.807, 2.05) is 11.6 Å². The Bertz CT molecular complexity index is 328. The standard InChI is InChI=1S/C9H16N4O/c1-9(4-3-5-14-9)8-12-11-7(6-10)13(8)2/h3-6,10H2,1-2H3. The van der Waals surface area contributed by atoms with Gasteiger partial charge in [-0.3, -0.25) is 0 Å². The van der Waals surface area contributed by atoms with E-state index in [0.717, 1.165) is 31.1 Å². The highest BCUT2D eigenvalue weighted by atomic mass is 16.5. The van der Waals surface area contributed by atoms with Gasteiger partial charge in [0.15, 0.2) is 5.82 Å². The minimum atomic E-state index is -0.269. The molecule has 0 bridgehead atoms. The van der Waals surface area contributed by atoms with Crippen molar-refractivity contribution in [2.45, 2.75) is 31.9 Å². The van der Waals surface area contributed by atoms with E-state index < -0.39 is 0 Å². The maximum absolute atomic E-state index is 5.70. The van der Waals surface area contributed by atoms with Crippen LogP contribution < -0.4 is 5.73 Å². The normalized spacial score (nSPS) is 27.1. The van der Waals surface area contributed by atoms with Crippen LogP contribution in [-0.2, 0) is 23.9 Å². The Labute approximate surface area is 83.3 Å². The average Bonchev–Trinajstić information content (AvgIpc) is 2.73. The van der Waals surface area contributed by atoms with Crippen LogP contribution in [0.25, 0.3) is 0 Å². The molecule has 14 heavy (non-hydrogen) atoms. The third kappa shape index (κ3) is 1.33. The molecule has 0 saturated carbocycles. The van der Waals surface area contributed by atoms with Crippen LogP contribution in [0.4, 0.5) is 0 Å². The first-order valence-electron chi connectivity index (χ1n) is 4.90. The number of nitrogens with two attached hydrogens (primary N) is 1. The highest BCUT2D eigenvalue weighted by molar-refractivity contribution is 5.06. The monoisotopic (exact) mass is 196 g/mol. The Kier molecular flexibility index (Phi) is 2.28. The summed E-state index contributed by atoms with van der Waals surface area (Å²) in [6.45, 7) is 3.28. The van der Waals surface area contributed by atoms with Gasteiger partial charge in [-0.25, -0.2) is 0 Å². The number of aromatic nitrogens is 3. The number of nitrogens with zero attached hydrogens (tertiary/aromatic N) is 3. The molecule has 1 saturated heterocycles. The smallest absolute Gasteiger partial charge is 0.164 e. The zero-order chi connectivity index (χ0) is 10.2. The third-order valence-corrected chi connectivity index (χ3v) is 2.84. The van der Waals surface area contributed by atoms with Crippen LogP contribution in [0, 0.1) is 0 Å².